The van der Waals surface area contributed by atoms with Crippen LogP contribution in [-0.4, -0.2) is 26.8 Å². The molecule has 0 bridgehead atoms. The molecule has 0 saturated heterocycles. The van der Waals surface area contributed by atoms with E-state index in [9.17, 15) is 14.7 Å². The predicted octanol–water partition coefficient (Wildman–Crippen LogP) is 1.84. The molecule has 0 aromatic heterocycles. The van der Waals surface area contributed by atoms with Gasteiger partial charge in [0.05, 0.1) is 17.3 Å². The van der Waals surface area contributed by atoms with Gasteiger partial charge in [-0.25, -0.2) is 4.79 Å². The van der Waals surface area contributed by atoms with E-state index in [0.29, 0.717) is 5.56 Å². The minimum atomic E-state index is -1.76. The standard InChI is InChI=1S/C13H12BrNO4/c1-7(14)11(16)10-6-8(4-5-15)2-3-9(10)12(17)13(18)19/h2-3,6-7,12,17H,4H2,1H3,(H,18,19). The van der Waals surface area contributed by atoms with Crippen molar-refractivity contribution in [2.24, 2.45) is 0 Å². The van der Waals surface area contributed by atoms with E-state index in [2.05, 4.69) is 15.9 Å². The van der Waals surface area contributed by atoms with Gasteiger partial charge in [0, 0.05) is 11.1 Å². The van der Waals surface area contributed by atoms with Crippen LogP contribution in [0.1, 0.15) is 34.5 Å². The maximum Gasteiger partial charge on any atom is 0.337 e. The second-order valence-corrected chi connectivity index (χ2v) is 5.35. The molecule has 5 nitrogen and oxygen atoms in total. The summed E-state index contributed by atoms with van der Waals surface area (Å²) in [7, 11) is 0. The molecule has 0 fully saturated rings. The zero-order valence-corrected chi connectivity index (χ0v) is 11.7. The predicted molar refractivity (Wildman–Crippen MR) is 71.1 cm³/mol. The van der Waals surface area contributed by atoms with Gasteiger partial charge in [0.2, 0.25) is 0 Å². The van der Waals surface area contributed by atoms with Crippen molar-refractivity contribution in [3.8, 4) is 6.07 Å². The first-order chi connectivity index (χ1) is 8.88. The molecule has 19 heavy (non-hydrogen) atoms. The number of rotatable bonds is 5. The van der Waals surface area contributed by atoms with Crippen LogP contribution < -0.4 is 0 Å². The number of halogens is 1. The summed E-state index contributed by atoms with van der Waals surface area (Å²) in [4.78, 5) is 22.3. The topological polar surface area (TPSA) is 98.4 Å². The molecule has 6 heteroatoms. The lowest BCUT2D eigenvalue weighted by Crippen LogP contribution is -2.19. The number of Topliss-reactive ketones (excluding diaryl/α,β-unsaturated/α-hetero) is 1. The first-order valence-electron chi connectivity index (χ1n) is 5.47. The summed E-state index contributed by atoms with van der Waals surface area (Å²) in [6, 6.07) is 6.30. The number of hydrogen-bond acceptors (Lipinski definition) is 4. The molecule has 2 unspecified atom stereocenters. The van der Waals surface area contributed by atoms with Gasteiger partial charge in [-0.05, 0) is 18.6 Å². The smallest absolute Gasteiger partial charge is 0.337 e. The van der Waals surface area contributed by atoms with Gasteiger partial charge in [-0.3, -0.25) is 4.79 Å². The second kappa shape index (κ2) is 6.45. The highest BCUT2D eigenvalue weighted by Crippen LogP contribution is 2.23. The van der Waals surface area contributed by atoms with Gasteiger partial charge < -0.3 is 10.2 Å². The average Bonchev–Trinajstić information content (AvgIpc) is 2.37. The van der Waals surface area contributed by atoms with Crippen LogP contribution in [-0.2, 0) is 11.2 Å². The zero-order chi connectivity index (χ0) is 14.6. The molecule has 0 aliphatic carbocycles. The van der Waals surface area contributed by atoms with Gasteiger partial charge in [-0.1, -0.05) is 28.1 Å². The minimum absolute atomic E-state index is 0.0329. The fraction of sp³-hybridized carbons (Fsp3) is 0.308. The molecule has 0 saturated carbocycles. The normalized spacial score (nSPS) is 13.4. The molecule has 0 aliphatic rings. The number of carbonyl (C=O) groups excluding carboxylic acids is 1. The van der Waals surface area contributed by atoms with Crippen LogP contribution in [0, 0.1) is 11.3 Å². The number of aliphatic carboxylic acids is 1. The van der Waals surface area contributed by atoms with Gasteiger partial charge in [0.1, 0.15) is 0 Å². The molecule has 0 aliphatic heterocycles. The molecule has 1 aromatic carbocycles. The van der Waals surface area contributed by atoms with E-state index in [1.54, 1.807) is 6.92 Å². The molecule has 0 heterocycles. The summed E-state index contributed by atoms with van der Waals surface area (Å²) in [6.07, 6.45) is -1.65. The SMILES string of the molecule is CC(Br)C(=O)c1cc(CC#N)ccc1C(O)C(=O)O. The molecule has 0 spiro atoms. The number of carboxylic acid groups (broad SMARTS) is 1. The van der Waals surface area contributed by atoms with Crippen molar-refractivity contribution in [2.45, 2.75) is 24.3 Å². The Kier molecular flexibility index (Phi) is 5.21. The number of carbonyl (C=O) groups is 2. The molecular formula is C13H12BrNO4. The van der Waals surface area contributed by atoms with Gasteiger partial charge in [-0.2, -0.15) is 5.26 Å². The number of aliphatic hydroxyl groups is 1. The fourth-order valence-electron chi connectivity index (χ4n) is 1.60. The number of nitriles is 1. The highest BCUT2D eigenvalue weighted by atomic mass is 79.9. The van der Waals surface area contributed by atoms with Crippen LogP contribution in [0.3, 0.4) is 0 Å². The lowest BCUT2D eigenvalue weighted by molar-refractivity contribution is -0.146. The maximum absolute atomic E-state index is 12.0. The third kappa shape index (κ3) is 3.63. The molecule has 0 amide bonds. The van der Waals surface area contributed by atoms with Crippen LogP contribution in [0.15, 0.2) is 18.2 Å². The first kappa shape index (κ1) is 15.3. The van der Waals surface area contributed by atoms with Gasteiger partial charge in [0.25, 0.3) is 0 Å². The van der Waals surface area contributed by atoms with Crippen molar-refractivity contribution in [3.63, 3.8) is 0 Å². The Hall–Kier alpha value is -1.71. The largest absolute Gasteiger partial charge is 0.479 e. The van der Waals surface area contributed by atoms with Crippen LogP contribution in [0.2, 0.25) is 0 Å². The van der Waals surface area contributed by atoms with Crippen molar-refractivity contribution >= 4 is 27.7 Å². The van der Waals surface area contributed by atoms with E-state index in [1.807, 2.05) is 6.07 Å². The Morgan fingerprint density at radius 3 is 2.58 bits per heavy atom. The Balaban J connectivity index is 3.35. The quantitative estimate of drug-likeness (QED) is 0.635. The summed E-state index contributed by atoms with van der Waals surface area (Å²) >= 11 is 3.12. The molecule has 0 radical (unpaired) electrons. The number of hydrogen-bond donors (Lipinski definition) is 2. The summed E-state index contributed by atoms with van der Waals surface area (Å²) in [5.74, 6) is -1.76. The summed E-state index contributed by atoms with van der Waals surface area (Å²) in [5, 5.41) is 27.1. The van der Waals surface area contributed by atoms with Crippen LogP contribution in [0.4, 0.5) is 0 Å². The van der Waals surface area contributed by atoms with Crippen molar-refractivity contribution in [3.05, 3.63) is 34.9 Å². The van der Waals surface area contributed by atoms with Crippen LogP contribution in [0.25, 0.3) is 0 Å². The first-order valence-corrected chi connectivity index (χ1v) is 6.39. The van der Waals surface area contributed by atoms with E-state index < -0.39 is 16.9 Å². The number of carboxylic acids is 1. The van der Waals surface area contributed by atoms with Crippen molar-refractivity contribution in [1.82, 2.24) is 0 Å². The van der Waals surface area contributed by atoms with Crippen LogP contribution >= 0.6 is 15.9 Å². The zero-order valence-electron chi connectivity index (χ0n) is 10.1. The highest BCUT2D eigenvalue weighted by molar-refractivity contribution is 9.10. The summed E-state index contributed by atoms with van der Waals surface area (Å²) in [6.45, 7) is 1.61. The van der Waals surface area contributed by atoms with Crippen LogP contribution in [0.5, 0.6) is 0 Å². The Bertz CT molecular complexity index is 548. The lowest BCUT2D eigenvalue weighted by Gasteiger charge is -2.13. The third-order valence-electron chi connectivity index (χ3n) is 2.56. The van der Waals surface area contributed by atoms with E-state index in [1.165, 1.54) is 18.2 Å². The Morgan fingerprint density at radius 1 is 1.47 bits per heavy atom. The van der Waals surface area contributed by atoms with E-state index in [4.69, 9.17) is 10.4 Å². The molecule has 2 N–H and O–H groups in total. The molecule has 1 rings (SSSR count). The third-order valence-corrected chi connectivity index (χ3v) is 2.97. The molecule has 1 aromatic rings. The lowest BCUT2D eigenvalue weighted by atomic mass is 9.95. The molecule has 100 valence electrons. The summed E-state index contributed by atoms with van der Waals surface area (Å²) in [5.41, 5.74) is 0.748. The average molecular weight is 326 g/mol. The number of benzene rings is 1. The highest BCUT2D eigenvalue weighted by Gasteiger charge is 2.24. The minimum Gasteiger partial charge on any atom is -0.479 e. The van der Waals surface area contributed by atoms with Crippen molar-refractivity contribution < 1.29 is 19.8 Å². The van der Waals surface area contributed by atoms with Crippen molar-refractivity contribution in [1.29, 1.82) is 5.26 Å². The van der Waals surface area contributed by atoms with Gasteiger partial charge in [0.15, 0.2) is 11.9 Å². The second-order valence-electron chi connectivity index (χ2n) is 3.98. The number of alkyl halides is 1. The van der Waals surface area contributed by atoms with Crippen molar-refractivity contribution in [2.75, 3.05) is 0 Å². The Labute approximate surface area is 118 Å². The number of nitrogens with zero attached hydrogens (tertiary/aromatic N) is 1. The van der Waals surface area contributed by atoms with Gasteiger partial charge in [-0.15, -0.1) is 0 Å². The molecule has 2 atom stereocenters. The number of ketones is 1. The van der Waals surface area contributed by atoms with E-state index >= 15 is 0 Å². The molecular weight excluding hydrogens is 314 g/mol. The van der Waals surface area contributed by atoms with E-state index in [-0.39, 0.29) is 23.3 Å². The fourth-order valence-corrected chi connectivity index (χ4v) is 1.85. The number of aliphatic hydroxyl groups excluding tert-OH is 1. The van der Waals surface area contributed by atoms with Gasteiger partial charge >= 0.3 is 5.97 Å². The van der Waals surface area contributed by atoms with E-state index in [0.717, 1.165) is 0 Å². The maximum atomic E-state index is 12.0. The monoisotopic (exact) mass is 325 g/mol. The Morgan fingerprint density at radius 2 is 2.11 bits per heavy atom. The summed E-state index contributed by atoms with van der Waals surface area (Å²) < 4.78 is 0.